The highest BCUT2D eigenvalue weighted by atomic mass is 16.5. The summed E-state index contributed by atoms with van der Waals surface area (Å²) in [4.78, 5) is 16.6. The molecule has 2 aromatic rings. The molecule has 1 heterocycles. The van der Waals surface area contributed by atoms with Crippen molar-refractivity contribution in [2.24, 2.45) is 0 Å². The van der Waals surface area contributed by atoms with Crippen molar-refractivity contribution in [3.63, 3.8) is 0 Å². The largest absolute Gasteiger partial charge is 0.505 e. The lowest BCUT2D eigenvalue weighted by atomic mass is 9.99. The van der Waals surface area contributed by atoms with Crippen LogP contribution in [-0.2, 0) is 17.6 Å². The Bertz CT molecular complexity index is 808. The van der Waals surface area contributed by atoms with Crippen LogP contribution in [0.3, 0.4) is 0 Å². The molecular formula is C19H20N2O4. The number of rotatable bonds is 6. The van der Waals surface area contributed by atoms with Gasteiger partial charge in [-0.15, -0.1) is 0 Å². The van der Waals surface area contributed by atoms with Crippen LogP contribution in [0.15, 0.2) is 24.3 Å². The van der Waals surface area contributed by atoms with E-state index in [1.165, 1.54) is 0 Å². The summed E-state index contributed by atoms with van der Waals surface area (Å²) in [5.41, 5.74) is 1.76. The van der Waals surface area contributed by atoms with Crippen molar-refractivity contribution in [3.8, 4) is 17.6 Å². The molecule has 0 saturated heterocycles. The fourth-order valence-electron chi connectivity index (χ4n) is 2.52. The molecule has 6 heteroatoms. The second-order valence-corrected chi connectivity index (χ2v) is 5.42. The van der Waals surface area contributed by atoms with Crippen LogP contribution in [0.4, 0.5) is 0 Å². The minimum Gasteiger partial charge on any atom is -0.505 e. The Kier molecular flexibility index (Phi) is 5.96. The highest BCUT2D eigenvalue weighted by Gasteiger charge is 2.24. The first kappa shape index (κ1) is 18.3. The van der Waals surface area contributed by atoms with Crippen LogP contribution in [0.1, 0.15) is 39.8 Å². The van der Waals surface area contributed by atoms with Gasteiger partial charge in [-0.2, -0.15) is 5.26 Å². The number of nitriles is 1. The van der Waals surface area contributed by atoms with Crippen LogP contribution in [0, 0.1) is 18.3 Å². The minimum absolute atomic E-state index is 0.0426. The van der Waals surface area contributed by atoms with Crippen LogP contribution in [0.2, 0.25) is 0 Å². The average Bonchev–Trinajstić information content (AvgIpc) is 2.62. The Balaban J connectivity index is 2.36. The lowest BCUT2D eigenvalue weighted by Gasteiger charge is -2.13. The maximum Gasteiger partial charge on any atom is 0.341 e. The molecule has 0 unspecified atom stereocenters. The molecule has 1 aromatic carbocycles. The highest BCUT2D eigenvalue weighted by Crippen LogP contribution is 2.27. The number of hydrogen-bond donors (Lipinski definition) is 1. The highest BCUT2D eigenvalue weighted by molar-refractivity contribution is 5.94. The van der Waals surface area contributed by atoms with Crippen molar-refractivity contribution in [2.45, 2.75) is 26.7 Å². The molecule has 0 fully saturated rings. The van der Waals surface area contributed by atoms with E-state index in [2.05, 4.69) is 4.98 Å². The first-order chi connectivity index (χ1) is 12.0. The number of hydrogen-bond acceptors (Lipinski definition) is 6. The average molecular weight is 340 g/mol. The second-order valence-electron chi connectivity index (χ2n) is 5.42. The Morgan fingerprint density at radius 1 is 1.28 bits per heavy atom. The molecule has 0 amide bonds. The van der Waals surface area contributed by atoms with Crippen molar-refractivity contribution in [1.29, 1.82) is 5.26 Å². The zero-order chi connectivity index (χ0) is 18.4. The van der Waals surface area contributed by atoms with E-state index in [1.807, 2.05) is 30.3 Å². The molecule has 25 heavy (non-hydrogen) atoms. The summed E-state index contributed by atoms with van der Waals surface area (Å²) in [5, 5.41) is 19.4. The summed E-state index contributed by atoms with van der Waals surface area (Å²) >= 11 is 0. The third kappa shape index (κ3) is 4.07. The quantitative estimate of drug-likeness (QED) is 0.813. The summed E-state index contributed by atoms with van der Waals surface area (Å²) in [6.07, 6.45) is 1.06. The molecule has 0 aliphatic rings. The van der Waals surface area contributed by atoms with E-state index in [9.17, 15) is 15.2 Å². The van der Waals surface area contributed by atoms with Gasteiger partial charge in [0.15, 0.2) is 5.75 Å². The fourth-order valence-corrected chi connectivity index (χ4v) is 2.52. The SMILES string of the molecule is CCOC(=O)c1c(CCc2ccc(OC)cc2)nc(C)c(O)c1C#N. The van der Waals surface area contributed by atoms with Crippen molar-refractivity contribution in [2.75, 3.05) is 13.7 Å². The van der Waals surface area contributed by atoms with Gasteiger partial charge in [-0.25, -0.2) is 4.79 Å². The zero-order valence-corrected chi connectivity index (χ0v) is 14.5. The number of methoxy groups -OCH3 is 1. The van der Waals surface area contributed by atoms with Gasteiger partial charge in [0.2, 0.25) is 0 Å². The van der Waals surface area contributed by atoms with Gasteiger partial charge < -0.3 is 14.6 Å². The lowest BCUT2D eigenvalue weighted by molar-refractivity contribution is 0.0523. The van der Waals surface area contributed by atoms with Crippen LogP contribution in [0.5, 0.6) is 11.5 Å². The lowest BCUT2D eigenvalue weighted by Crippen LogP contribution is -2.14. The first-order valence-corrected chi connectivity index (χ1v) is 7.94. The molecule has 2 rings (SSSR count). The molecule has 6 nitrogen and oxygen atoms in total. The van der Waals surface area contributed by atoms with E-state index in [1.54, 1.807) is 21.0 Å². The van der Waals surface area contributed by atoms with Gasteiger partial charge in [0.1, 0.15) is 22.9 Å². The van der Waals surface area contributed by atoms with Crippen molar-refractivity contribution >= 4 is 5.97 Å². The number of aromatic hydroxyl groups is 1. The van der Waals surface area contributed by atoms with Crippen LogP contribution >= 0.6 is 0 Å². The molecule has 0 saturated carbocycles. The van der Waals surface area contributed by atoms with E-state index in [0.717, 1.165) is 11.3 Å². The maximum atomic E-state index is 12.3. The number of ether oxygens (including phenoxy) is 2. The molecule has 0 aliphatic heterocycles. The van der Waals surface area contributed by atoms with Gasteiger partial charge in [0.05, 0.1) is 25.1 Å². The third-order valence-corrected chi connectivity index (χ3v) is 3.82. The maximum absolute atomic E-state index is 12.3. The third-order valence-electron chi connectivity index (χ3n) is 3.82. The molecule has 0 bridgehead atoms. The van der Waals surface area contributed by atoms with E-state index in [0.29, 0.717) is 24.2 Å². The predicted molar refractivity (Wildman–Crippen MR) is 91.7 cm³/mol. The van der Waals surface area contributed by atoms with Gasteiger partial charge in [-0.3, -0.25) is 4.98 Å². The van der Waals surface area contributed by atoms with Crippen molar-refractivity contribution in [3.05, 3.63) is 52.3 Å². The molecule has 130 valence electrons. The summed E-state index contributed by atoms with van der Waals surface area (Å²) in [6.45, 7) is 3.46. The number of nitrogens with zero attached hydrogens (tertiary/aromatic N) is 2. The van der Waals surface area contributed by atoms with E-state index in [4.69, 9.17) is 9.47 Å². The van der Waals surface area contributed by atoms with Crippen molar-refractivity contribution in [1.82, 2.24) is 4.98 Å². The van der Waals surface area contributed by atoms with E-state index >= 15 is 0 Å². The molecular weight excluding hydrogens is 320 g/mol. The Hall–Kier alpha value is -3.07. The standard InChI is InChI=1S/C19H20N2O4/c1-4-25-19(23)17-15(11-20)18(22)12(2)21-16(17)10-7-13-5-8-14(24-3)9-6-13/h5-6,8-9,22H,4,7,10H2,1-3H3. The summed E-state index contributed by atoms with van der Waals surface area (Å²) < 4.78 is 10.2. The van der Waals surface area contributed by atoms with Crippen LogP contribution < -0.4 is 4.74 Å². The molecule has 1 aromatic heterocycles. The van der Waals surface area contributed by atoms with Gasteiger partial charge >= 0.3 is 5.97 Å². The molecule has 0 radical (unpaired) electrons. The number of aromatic nitrogens is 1. The number of pyridine rings is 1. The van der Waals surface area contributed by atoms with Gasteiger partial charge in [-0.1, -0.05) is 12.1 Å². The van der Waals surface area contributed by atoms with Crippen molar-refractivity contribution < 1.29 is 19.4 Å². The topological polar surface area (TPSA) is 92.4 Å². The second kappa shape index (κ2) is 8.15. The summed E-state index contributed by atoms with van der Waals surface area (Å²) in [7, 11) is 1.60. The number of carbonyl (C=O) groups excluding carboxylic acids is 1. The van der Waals surface area contributed by atoms with Gasteiger partial charge in [-0.05, 0) is 44.4 Å². The first-order valence-electron chi connectivity index (χ1n) is 7.94. The van der Waals surface area contributed by atoms with E-state index in [-0.39, 0.29) is 23.5 Å². The normalized spacial score (nSPS) is 10.2. The zero-order valence-electron chi connectivity index (χ0n) is 14.5. The molecule has 0 aliphatic carbocycles. The van der Waals surface area contributed by atoms with Gasteiger partial charge in [0.25, 0.3) is 0 Å². The Labute approximate surface area is 146 Å². The number of esters is 1. The predicted octanol–water partition coefficient (Wildman–Crippen LogP) is 2.94. The minimum atomic E-state index is -0.647. The number of benzene rings is 1. The molecule has 1 N–H and O–H groups in total. The summed E-state index contributed by atoms with van der Waals surface area (Å²) in [5.74, 6) is -0.160. The van der Waals surface area contributed by atoms with Crippen LogP contribution in [0.25, 0.3) is 0 Å². The smallest absolute Gasteiger partial charge is 0.341 e. The fraction of sp³-hybridized carbons (Fsp3) is 0.316. The number of aryl methyl sites for hydroxylation is 3. The van der Waals surface area contributed by atoms with E-state index < -0.39 is 5.97 Å². The number of carbonyl (C=O) groups is 1. The summed E-state index contributed by atoms with van der Waals surface area (Å²) in [6, 6.07) is 9.47. The molecule has 0 spiro atoms. The molecule has 0 atom stereocenters. The van der Waals surface area contributed by atoms with Crippen LogP contribution in [-0.4, -0.2) is 29.8 Å². The monoisotopic (exact) mass is 340 g/mol. The van der Waals surface area contributed by atoms with Gasteiger partial charge in [0, 0.05) is 0 Å². The Morgan fingerprint density at radius 2 is 1.96 bits per heavy atom. The Morgan fingerprint density at radius 3 is 2.52 bits per heavy atom.